The maximum Gasteiger partial charge on any atom is 0.329 e. The van der Waals surface area contributed by atoms with E-state index < -0.39 is 11.5 Å². The van der Waals surface area contributed by atoms with Crippen LogP contribution in [-0.4, -0.2) is 50.7 Å². The quantitative estimate of drug-likeness (QED) is 0.483. The van der Waals surface area contributed by atoms with E-state index in [1.165, 1.54) is 0 Å². The molecule has 2 aromatic rings. The van der Waals surface area contributed by atoms with Gasteiger partial charge in [0.1, 0.15) is 17.0 Å². The number of aliphatic carboxylic acids is 1. The number of nitrogens with one attached hydrogen (secondary N) is 1. The van der Waals surface area contributed by atoms with E-state index in [1.807, 2.05) is 24.3 Å². The summed E-state index contributed by atoms with van der Waals surface area (Å²) >= 11 is 6.66. The van der Waals surface area contributed by atoms with Crippen LogP contribution in [-0.2, 0) is 20.9 Å². The minimum Gasteiger partial charge on any atom is -0.497 e. The van der Waals surface area contributed by atoms with Crippen molar-refractivity contribution >= 4 is 23.3 Å². The fourth-order valence-corrected chi connectivity index (χ4v) is 4.17. The summed E-state index contributed by atoms with van der Waals surface area (Å²) in [5, 5.41) is 13.6. The average Bonchev–Trinajstić information content (AvgIpc) is 2.80. The Morgan fingerprint density at radius 2 is 1.88 bits per heavy atom. The summed E-state index contributed by atoms with van der Waals surface area (Å²) in [5.74, 6) is 0.629. The molecule has 0 amide bonds. The molecule has 0 aliphatic carbocycles. The number of hydrogen-bond acceptors (Lipinski definition) is 6. The Kier molecular flexibility index (Phi) is 8.46. The maximum absolute atomic E-state index is 12.1. The Morgan fingerprint density at radius 1 is 1.15 bits per heavy atom. The first-order valence-electron chi connectivity index (χ1n) is 11.0. The van der Waals surface area contributed by atoms with Crippen molar-refractivity contribution in [2.45, 2.75) is 38.8 Å². The van der Waals surface area contributed by atoms with Crippen LogP contribution in [0.4, 0.5) is 5.69 Å². The lowest BCUT2D eigenvalue weighted by atomic mass is 9.89. The van der Waals surface area contributed by atoms with Gasteiger partial charge in [0, 0.05) is 50.0 Å². The highest BCUT2D eigenvalue weighted by molar-refractivity contribution is 6.35. The van der Waals surface area contributed by atoms with Gasteiger partial charge in [-0.1, -0.05) is 31.5 Å². The lowest BCUT2D eigenvalue weighted by Gasteiger charge is -2.35. The average molecular weight is 478 g/mol. The summed E-state index contributed by atoms with van der Waals surface area (Å²) in [6.07, 6.45) is 0.782. The summed E-state index contributed by atoms with van der Waals surface area (Å²) in [6, 6.07) is 9.31. The van der Waals surface area contributed by atoms with Gasteiger partial charge in [0.05, 0.1) is 25.8 Å². The molecular weight excluding hydrogens is 446 g/mol. The molecule has 0 atom stereocenters. The molecule has 1 saturated heterocycles. The van der Waals surface area contributed by atoms with Crippen molar-refractivity contribution in [3.63, 3.8) is 0 Å². The third kappa shape index (κ3) is 5.91. The van der Waals surface area contributed by atoms with Crippen LogP contribution in [0.5, 0.6) is 11.5 Å². The van der Waals surface area contributed by atoms with Crippen LogP contribution in [0.1, 0.15) is 32.3 Å². The third-order valence-electron chi connectivity index (χ3n) is 5.71. The largest absolute Gasteiger partial charge is 0.497 e. The molecule has 33 heavy (non-hydrogen) atoms. The molecule has 2 N–H and O–H groups in total. The van der Waals surface area contributed by atoms with Gasteiger partial charge in [-0.15, -0.1) is 0 Å². The number of carbonyl (C=O) groups is 1. The van der Waals surface area contributed by atoms with E-state index in [4.69, 9.17) is 30.5 Å². The van der Waals surface area contributed by atoms with Crippen LogP contribution in [0.2, 0.25) is 5.02 Å². The topological polar surface area (TPSA) is 86.3 Å². The molecule has 0 aromatic heterocycles. The minimum absolute atomic E-state index is 0.349. The normalized spacial score (nSPS) is 15.3. The Balaban J connectivity index is 2.03. The molecule has 8 heteroatoms. The number of rotatable bonds is 10. The van der Waals surface area contributed by atoms with Crippen LogP contribution in [0.25, 0.3) is 11.1 Å². The molecule has 1 aliphatic heterocycles. The summed E-state index contributed by atoms with van der Waals surface area (Å²) < 4.78 is 22.2. The van der Waals surface area contributed by atoms with Gasteiger partial charge in [-0.3, -0.25) is 0 Å². The molecule has 1 fully saturated rings. The van der Waals surface area contributed by atoms with Crippen molar-refractivity contribution in [3.8, 4) is 22.6 Å². The van der Waals surface area contributed by atoms with Crippen LogP contribution in [0.15, 0.2) is 30.3 Å². The van der Waals surface area contributed by atoms with Gasteiger partial charge >= 0.3 is 5.97 Å². The van der Waals surface area contributed by atoms with E-state index in [2.05, 4.69) is 19.2 Å². The van der Waals surface area contributed by atoms with Crippen molar-refractivity contribution in [1.29, 1.82) is 0 Å². The van der Waals surface area contributed by atoms with Crippen LogP contribution >= 0.6 is 11.6 Å². The van der Waals surface area contributed by atoms with Gasteiger partial charge < -0.3 is 29.4 Å². The Hall–Kier alpha value is -2.48. The van der Waals surface area contributed by atoms with Gasteiger partial charge in [-0.25, -0.2) is 4.79 Å². The zero-order valence-corrected chi connectivity index (χ0v) is 20.3. The van der Waals surface area contributed by atoms with Crippen molar-refractivity contribution in [3.05, 3.63) is 40.9 Å². The molecule has 1 aliphatic rings. The van der Waals surface area contributed by atoms with E-state index in [1.54, 1.807) is 20.3 Å². The van der Waals surface area contributed by atoms with Gasteiger partial charge in [-0.05, 0) is 35.2 Å². The second-order valence-electron chi connectivity index (χ2n) is 8.60. The molecular formula is C25H32ClNO6. The van der Waals surface area contributed by atoms with E-state index in [-0.39, 0.29) is 0 Å². The number of ether oxygens (including phenoxy) is 4. The molecule has 0 unspecified atom stereocenters. The van der Waals surface area contributed by atoms with E-state index in [0.717, 1.165) is 16.7 Å². The lowest BCUT2D eigenvalue weighted by molar-refractivity contribution is -0.145. The van der Waals surface area contributed by atoms with E-state index in [0.29, 0.717) is 67.4 Å². The molecule has 2 aromatic carbocycles. The Morgan fingerprint density at radius 3 is 2.48 bits per heavy atom. The number of hydrogen-bond donors (Lipinski definition) is 2. The summed E-state index contributed by atoms with van der Waals surface area (Å²) in [5.41, 5.74) is 2.14. The van der Waals surface area contributed by atoms with Crippen LogP contribution in [0.3, 0.4) is 0 Å². The molecule has 180 valence electrons. The number of anilines is 1. The standard InChI is InChI=1S/C25H32ClNO6/c1-16(2)14-33-15-17-11-18(27-25(24(28)29)7-9-32-10-8-25)5-6-20(17)21-12-19(30-3)13-22(31-4)23(21)26/h5-6,11-13,16,27H,7-10,14-15H2,1-4H3,(H,28,29). The second-order valence-corrected chi connectivity index (χ2v) is 8.97. The highest BCUT2D eigenvalue weighted by Crippen LogP contribution is 2.41. The first-order valence-corrected chi connectivity index (χ1v) is 11.4. The number of carboxylic acids is 1. The van der Waals surface area contributed by atoms with Crippen LogP contribution < -0.4 is 14.8 Å². The molecule has 0 bridgehead atoms. The van der Waals surface area contributed by atoms with Crippen molar-refractivity contribution in [2.75, 3.05) is 39.4 Å². The first-order chi connectivity index (χ1) is 15.8. The smallest absolute Gasteiger partial charge is 0.329 e. The Labute approximate surface area is 199 Å². The maximum atomic E-state index is 12.1. The summed E-state index contributed by atoms with van der Waals surface area (Å²) in [4.78, 5) is 12.1. The second kappa shape index (κ2) is 11.1. The van der Waals surface area contributed by atoms with Crippen molar-refractivity contribution in [2.24, 2.45) is 5.92 Å². The number of halogens is 1. The minimum atomic E-state index is -1.06. The third-order valence-corrected chi connectivity index (χ3v) is 6.10. The fraction of sp³-hybridized carbons (Fsp3) is 0.480. The van der Waals surface area contributed by atoms with Gasteiger partial charge in [0.25, 0.3) is 0 Å². The van der Waals surface area contributed by atoms with E-state index in [9.17, 15) is 9.90 Å². The van der Waals surface area contributed by atoms with Gasteiger partial charge in [0.15, 0.2) is 0 Å². The molecule has 7 nitrogen and oxygen atoms in total. The lowest BCUT2D eigenvalue weighted by Crippen LogP contribution is -2.50. The van der Waals surface area contributed by atoms with Crippen molar-refractivity contribution in [1.82, 2.24) is 0 Å². The van der Waals surface area contributed by atoms with Crippen molar-refractivity contribution < 1.29 is 28.8 Å². The predicted molar refractivity (Wildman–Crippen MR) is 129 cm³/mol. The number of carboxylic acid groups (broad SMARTS) is 1. The SMILES string of the molecule is COc1cc(OC)c(Cl)c(-c2ccc(NC3(C(=O)O)CCOCC3)cc2COCC(C)C)c1. The number of benzene rings is 2. The molecule has 0 radical (unpaired) electrons. The highest BCUT2D eigenvalue weighted by atomic mass is 35.5. The molecule has 3 rings (SSSR count). The molecule has 1 heterocycles. The van der Waals surface area contributed by atoms with Crippen LogP contribution in [0, 0.1) is 5.92 Å². The summed E-state index contributed by atoms with van der Waals surface area (Å²) in [6.45, 7) is 5.93. The van der Waals surface area contributed by atoms with Gasteiger partial charge in [0.2, 0.25) is 0 Å². The fourth-order valence-electron chi connectivity index (χ4n) is 3.88. The zero-order valence-electron chi connectivity index (χ0n) is 19.6. The molecule has 0 saturated carbocycles. The monoisotopic (exact) mass is 477 g/mol. The Bertz CT molecular complexity index is 972. The number of methoxy groups -OCH3 is 2. The first kappa shape index (κ1) is 25.1. The summed E-state index contributed by atoms with van der Waals surface area (Å²) in [7, 11) is 3.15. The predicted octanol–water partition coefficient (Wildman–Crippen LogP) is 5.24. The van der Waals surface area contributed by atoms with Gasteiger partial charge in [-0.2, -0.15) is 0 Å². The molecule has 0 spiro atoms. The van der Waals surface area contributed by atoms with E-state index >= 15 is 0 Å². The highest BCUT2D eigenvalue weighted by Gasteiger charge is 2.40. The zero-order chi connectivity index (χ0) is 24.0.